The van der Waals surface area contributed by atoms with Crippen molar-refractivity contribution in [3.63, 3.8) is 0 Å². The maximum Gasteiger partial charge on any atom is 0.402 e. The Kier molecular flexibility index (Phi) is 3.74. The summed E-state index contributed by atoms with van der Waals surface area (Å²) in [5.41, 5.74) is 0. The van der Waals surface area contributed by atoms with Crippen molar-refractivity contribution >= 4 is 10.0 Å². The summed E-state index contributed by atoms with van der Waals surface area (Å²) in [7, 11) is -3.78. The molecule has 0 aliphatic rings. The van der Waals surface area contributed by atoms with Gasteiger partial charge >= 0.3 is 6.18 Å². The van der Waals surface area contributed by atoms with Gasteiger partial charge in [-0.2, -0.15) is 17.5 Å². The van der Waals surface area contributed by atoms with Gasteiger partial charge in [0.25, 0.3) is 0 Å². The van der Waals surface area contributed by atoms with E-state index in [-0.39, 0.29) is 0 Å². The number of hydrogen-bond acceptors (Lipinski definition) is 2. The van der Waals surface area contributed by atoms with Gasteiger partial charge in [-0.15, -0.1) is 0 Å². The zero-order valence-corrected chi connectivity index (χ0v) is 8.41. The lowest BCUT2D eigenvalue weighted by Crippen LogP contribution is -2.42. The minimum Gasteiger partial charge on any atom is -0.212 e. The van der Waals surface area contributed by atoms with E-state index in [1.165, 1.54) is 13.8 Å². The first-order chi connectivity index (χ1) is 5.54. The topological polar surface area (TPSA) is 37.4 Å². The van der Waals surface area contributed by atoms with Crippen molar-refractivity contribution in [2.24, 2.45) is 0 Å². The zero-order valence-electron chi connectivity index (χ0n) is 7.59. The number of halogens is 3. The SMILES string of the molecule is CC(C)N(CC(F)(F)F)S(C)(=O)=O. The van der Waals surface area contributed by atoms with Crippen molar-refractivity contribution < 1.29 is 21.6 Å². The van der Waals surface area contributed by atoms with Crippen LogP contribution in [-0.2, 0) is 10.0 Å². The molecule has 0 spiro atoms. The molecule has 0 unspecified atom stereocenters. The highest BCUT2D eigenvalue weighted by atomic mass is 32.2. The van der Waals surface area contributed by atoms with E-state index in [4.69, 9.17) is 0 Å². The lowest BCUT2D eigenvalue weighted by Gasteiger charge is -2.24. The Morgan fingerprint density at radius 2 is 1.69 bits per heavy atom. The number of sulfonamides is 1. The first-order valence-corrected chi connectivity index (χ1v) is 5.42. The highest BCUT2D eigenvalue weighted by Crippen LogP contribution is 2.19. The van der Waals surface area contributed by atoms with Gasteiger partial charge in [-0.05, 0) is 13.8 Å². The largest absolute Gasteiger partial charge is 0.402 e. The van der Waals surface area contributed by atoms with Gasteiger partial charge in [-0.3, -0.25) is 0 Å². The normalized spacial score (nSPS) is 14.2. The Morgan fingerprint density at radius 1 is 1.31 bits per heavy atom. The van der Waals surface area contributed by atoms with Gasteiger partial charge < -0.3 is 0 Å². The van der Waals surface area contributed by atoms with Crippen LogP contribution in [0.25, 0.3) is 0 Å². The first-order valence-electron chi connectivity index (χ1n) is 3.57. The molecule has 0 amide bonds. The maximum absolute atomic E-state index is 11.9. The Bertz CT molecular complexity index is 258. The molecule has 0 atom stereocenters. The van der Waals surface area contributed by atoms with Crippen molar-refractivity contribution in [1.82, 2.24) is 4.31 Å². The third kappa shape index (κ3) is 5.09. The fourth-order valence-corrected chi connectivity index (χ4v) is 2.01. The Morgan fingerprint density at radius 3 is 1.77 bits per heavy atom. The highest BCUT2D eigenvalue weighted by molar-refractivity contribution is 7.88. The lowest BCUT2D eigenvalue weighted by molar-refractivity contribution is -0.138. The van der Waals surface area contributed by atoms with E-state index < -0.39 is 28.8 Å². The smallest absolute Gasteiger partial charge is 0.212 e. The average molecular weight is 219 g/mol. The van der Waals surface area contributed by atoms with Crippen LogP contribution in [0, 0.1) is 0 Å². The van der Waals surface area contributed by atoms with E-state index >= 15 is 0 Å². The number of rotatable bonds is 3. The Balaban J connectivity index is 4.67. The van der Waals surface area contributed by atoms with Crippen LogP contribution in [-0.4, -0.2) is 37.7 Å². The predicted molar refractivity (Wildman–Crippen MR) is 42.7 cm³/mol. The van der Waals surface area contributed by atoms with Crippen LogP contribution in [0.5, 0.6) is 0 Å². The molecule has 80 valence electrons. The number of nitrogens with zero attached hydrogens (tertiary/aromatic N) is 1. The van der Waals surface area contributed by atoms with Gasteiger partial charge in [-0.25, -0.2) is 8.42 Å². The second kappa shape index (κ2) is 3.83. The quantitative estimate of drug-likeness (QED) is 0.715. The monoisotopic (exact) mass is 219 g/mol. The molecule has 3 nitrogen and oxygen atoms in total. The van der Waals surface area contributed by atoms with Crippen LogP contribution >= 0.6 is 0 Å². The molecule has 0 aromatic carbocycles. The van der Waals surface area contributed by atoms with Crippen LogP contribution in [0.1, 0.15) is 13.8 Å². The molecule has 0 bridgehead atoms. The van der Waals surface area contributed by atoms with Crippen LogP contribution < -0.4 is 0 Å². The fraction of sp³-hybridized carbons (Fsp3) is 1.00. The van der Waals surface area contributed by atoms with Crippen molar-refractivity contribution in [3.8, 4) is 0 Å². The summed E-state index contributed by atoms with van der Waals surface area (Å²) >= 11 is 0. The average Bonchev–Trinajstić information content (AvgIpc) is 1.77. The van der Waals surface area contributed by atoms with E-state index in [2.05, 4.69) is 0 Å². The molecular weight excluding hydrogens is 207 g/mol. The lowest BCUT2D eigenvalue weighted by atomic mass is 10.4. The minimum atomic E-state index is -4.49. The third-order valence-electron chi connectivity index (χ3n) is 1.34. The molecule has 0 aliphatic carbocycles. The molecule has 13 heavy (non-hydrogen) atoms. The third-order valence-corrected chi connectivity index (χ3v) is 2.74. The van der Waals surface area contributed by atoms with Crippen molar-refractivity contribution in [3.05, 3.63) is 0 Å². The van der Waals surface area contributed by atoms with Crippen LogP contribution in [0.3, 0.4) is 0 Å². The fourth-order valence-electron chi connectivity index (χ4n) is 0.859. The number of alkyl halides is 3. The Hall–Kier alpha value is -0.300. The summed E-state index contributed by atoms with van der Waals surface area (Å²) in [6, 6.07) is -0.684. The second-order valence-electron chi connectivity index (χ2n) is 3.02. The molecular formula is C6H12F3NO2S. The molecule has 0 aliphatic heterocycles. The van der Waals surface area contributed by atoms with E-state index in [1.54, 1.807) is 0 Å². The van der Waals surface area contributed by atoms with Gasteiger partial charge in [0, 0.05) is 6.04 Å². The molecule has 7 heteroatoms. The zero-order chi connectivity index (χ0) is 10.9. The van der Waals surface area contributed by atoms with Gasteiger partial charge in [-0.1, -0.05) is 0 Å². The molecule has 0 heterocycles. The van der Waals surface area contributed by atoms with E-state index in [0.29, 0.717) is 4.31 Å². The maximum atomic E-state index is 11.9. The van der Waals surface area contributed by atoms with Crippen molar-refractivity contribution in [2.75, 3.05) is 12.8 Å². The van der Waals surface area contributed by atoms with Crippen molar-refractivity contribution in [1.29, 1.82) is 0 Å². The van der Waals surface area contributed by atoms with Crippen molar-refractivity contribution in [2.45, 2.75) is 26.1 Å². The molecule has 0 aromatic heterocycles. The molecule has 0 N–H and O–H groups in total. The summed E-state index contributed by atoms with van der Waals surface area (Å²) in [4.78, 5) is 0. The van der Waals surface area contributed by atoms with E-state index in [9.17, 15) is 21.6 Å². The first kappa shape index (κ1) is 12.7. The second-order valence-corrected chi connectivity index (χ2v) is 4.95. The van der Waals surface area contributed by atoms with Gasteiger partial charge in [0.15, 0.2) is 0 Å². The van der Waals surface area contributed by atoms with Crippen LogP contribution in [0.15, 0.2) is 0 Å². The summed E-state index contributed by atoms with van der Waals surface area (Å²) in [6.07, 6.45) is -3.73. The molecule has 0 rings (SSSR count). The van der Waals surface area contributed by atoms with Gasteiger partial charge in [0.05, 0.1) is 6.26 Å². The summed E-state index contributed by atoms with van der Waals surface area (Å²) < 4.78 is 57.8. The van der Waals surface area contributed by atoms with Crippen LogP contribution in [0.4, 0.5) is 13.2 Å². The van der Waals surface area contributed by atoms with Gasteiger partial charge in [0.2, 0.25) is 10.0 Å². The molecule has 0 saturated carbocycles. The minimum absolute atomic E-state index is 0.410. The predicted octanol–water partition coefficient (Wildman–Crippen LogP) is 1.22. The summed E-state index contributed by atoms with van der Waals surface area (Å²) in [6.45, 7) is 1.36. The van der Waals surface area contributed by atoms with Crippen LogP contribution in [0.2, 0.25) is 0 Å². The number of hydrogen-bond donors (Lipinski definition) is 0. The molecule has 0 aromatic rings. The van der Waals surface area contributed by atoms with E-state index in [0.717, 1.165) is 6.26 Å². The molecule has 0 radical (unpaired) electrons. The molecule has 0 saturated heterocycles. The Labute approximate surface area is 75.6 Å². The standard InChI is InChI=1S/C6H12F3NO2S/c1-5(2)10(13(3,11)12)4-6(7,8)9/h5H,4H2,1-3H3. The van der Waals surface area contributed by atoms with Gasteiger partial charge in [0.1, 0.15) is 6.54 Å². The summed E-state index contributed by atoms with van der Waals surface area (Å²) in [5, 5.41) is 0. The summed E-state index contributed by atoms with van der Waals surface area (Å²) in [5.74, 6) is 0. The molecule has 0 fully saturated rings. The highest BCUT2D eigenvalue weighted by Gasteiger charge is 2.35. The van der Waals surface area contributed by atoms with E-state index in [1.807, 2.05) is 0 Å².